The Morgan fingerprint density at radius 1 is 1.21 bits per heavy atom. The van der Waals surface area contributed by atoms with E-state index in [-0.39, 0.29) is 23.2 Å². The fourth-order valence-corrected chi connectivity index (χ4v) is 3.27. The molecule has 4 nitrogen and oxygen atoms in total. The van der Waals surface area contributed by atoms with Crippen LogP contribution in [0.5, 0.6) is 0 Å². The van der Waals surface area contributed by atoms with Crippen LogP contribution in [0.25, 0.3) is 5.65 Å². The first kappa shape index (κ1) is 21.2. The SMILES string of the molecule is Cc1ccc(C(=O)OCc2c(C(C)C)nc3c(Cl)cc(C(F)(F)F)cn23)cc1C. The number of pyridine rings is 1. The largest absolute Gasteiger partial charge is 0.456 e. The molecule has 29 heavy (non-hydrogen) atoms. The number of benzene rings is 1. The summed E-state index contributed by atoms with van der Waals surface area (Å²) in [6.45, 7) is 7.30. The van der Waals surface area contributed by atoms with Crippen molar-refractivity contribution in [3.05, 3.63) is 69.1 Å². The number of hydrogen-bond acceptors (Lipinski definition) is 3. The first-order chi connectivity index (χ1) is 13.5. The van der Waals surface area contributed by atoms with Gasteiger partial charge in [-0.2, -0.15) is 13.2 Å². The zero-order chi connectivity index (χ0) is 21.5. The minimum atomic E-state index is -4.56. The van der Waals surface area contributed by atoms with Crippen LogP contribution in [0.4, 0.5) is 13.2 Å². The van der Waals surface area contributed by atoms with Crippen molar-refractivity contribution in [2.45, 2.75) is 46.4 Å². The molecule has 0 unspecified atom stereocenters. The maximum Gasteiger partial charge on any atom is 0.417 e. The Balaban J connectivity index is 2.00. The van der Waals surface area contributed by atoms with Crippen LogP contribution < -0.4 is 0 Å². The molecule has 0 saturated carbocycles. The lowest BCUT2D eigenvalue weighted by Crippen LogP contribution is -2.11. The molecule has 2 heterocycles. The molecule has 0 aliphatic rings. The van der Waals surface area contributed by atoms with Crippen molar-refractivity contribution in [2.24, 2.45) is 0 Å². The number of carbonyl (C=O) groups is 1. The third-order valence-corrected chi connectivity index (χ3v) is 5.04. The molecule has 0 N–H and O–H groups in total. The van der Waals surface area contributed by atoms with E-state index in [0.717, 1.165) is 23.4 Å². The van der Waals surface area contributed by atoms with Gasteiger partial charge < -0.3 is 4.74 Å². The number of aryl methyl sites for hydroxylation is 2. The number of hydrogen-bond donors (Lipinski definition) is 0. The second-order valence-corrected chi connectivity index (χ2v) is 7.65. The lowest BCUT2D eigenvalue weighted by atomic mass is 10.1. The van der Waals surface area contributed by atoms with Gasteiger partial charge in [-0.15, -0.1) is 0 Å². The summed E-state index contributed by atoms with van der Waals surface area (Å²) in [4.78, 5) is 16.8. The van der Waals surface area contributed by atoms with E-state index >= 15 is 0 Å². The molecule has 1 aromatic carbocycles. The minimum absolute atomic E-state index is 0.101. The summed E-state index contributed by atoms with van der Waals surface area (Å²) in [5.41, 5.74) is 2.55. The highest BCUT2D eigenvalue weighted by Crippen LogP contribution is 2.34. The van der Waals surface area contributed by atoms with Gasteiger partial charge in [0.15, 0.2) is 5.65 Å². The Hall–Kier alpha value is -2.54. The van der Waals surface area contributed by atoms with Crippen molar-refractivity contribution >= 4 is 23.2 Å². The van der Waals surface area contributed by atoms with Gasteiger partial charge in [0.25, 0.3) is 0 Å². The number of esters is 1. The fourth-order valence-electron chi connectivity index (χ4n) is 3.02. The van der Waals surface area contributed by atoms with Gasteiger partial charge in [-0.05, 0) is 49.1 Å². The molecule has 0 radical (unpaired) electrons. The average molecular weight is 425 g/mol. The molecule has 0 atom stereocenters. The predicted octanol–water partition coefficient (Wildman–Crippen LogP) is 6.10. The van der Waals surface area contributed by atoms with Crippen molar-refractivity contribution in [3.63, 3.8) is 0 Å². The molecule has 2 aromatic heterocycles. The second kappa shape index (κ2) is 7.71. The number of nitrogens with zero attached hydrogens (tertiary/aromatic N) is 2. The van der Waals surface area contributed by atoms with Gasteiger partial charge >= 0.3 is 12.1 Å². The summed E-state index contributed by atoms with van der Waals surface area (Å²) >= 11 is 6.06. The molecule has 0 bridgehead atoms. The van der Waals surface area contributed by atoms with Crippen LogP contribution in [0.2, 0.25) is 5.02 Å². The van der Waals surface area contributed by atoms with Crippen molar-refractivity contribution < 1.29 is 22.7 Å². The monoisotopic (exact) mass is 424 g/mol. The highest BCUT2D eigenvalue weighted by atomic mass is 35.5. The third kappa shape index (κ3) is 4.24. The number of rotatable bonds is 4. The fraction of sp³-hybridized carbons (Fsp3) is 0.333. The van der Waals surface area contributed by atoms with Crippen molar-refractivity contribution in [1.29, 1.82) is 0 Å². The van der Waals surface area contributed by atoms with E-state index in [1.165, 1.54) is 4.40 Å². The minimum Gasteiger partial charge on any atom is -0.456 e. The van der Waals surface area contributed by atoms with Gasteiger partial charge in [0.1, 0.15) is 6.61 Å². The summed E-state index contributed by atoms with van der Waals surface area (Å²) in [6.07, 6.45) is -3.63. The van der Waals surface area contributed by atoms with E-state index in [0.29, 0.717) is 17.0 Å². The van der Waals surface area contributed by atoms with E-state index < -0.39 is 17.7 Å². The van der Waals surface area contributed by atoms with E-state index in [9.17, 15) is 18.0 Å². The molecular formula is C21H20ClF3N2O2. The number of carbonyl (C=O) groups excluding carboxylic acids is 1. The van der Waals surface area contributed by atoms with Crippen LogP contribution >= 0.6 is 11.6 Å². The van der Waals surface area contributed by atoms with Gasteiger partial charge in [-0.25, -0.2) is 9.78 Å². The standard InChI is InChI=1S/C21H20ClF3N2O2/c1-11(2)18-17(10-29-20(28)14-6-5-12(3)13(4)7-14)27-9-15(21(23,24)25)8-16(22)19(27)26-18/h5-9,11H,10H2,1-4H3. The highest BCUT2D eigenvalue weighted by molar-refractivity contribution is 6.33. The smallest absolute Gasteiger partial charge is 0.417 e. The van der Waals surface area contributed by atoms with Gasteiger partial charge in [-0.3, -0.25) is 4.40 Å². The average Bonchev–Trinajstić information content (AvgIpc) is 3.00. The van der Waals surface area contributed by atoms with E-state index in [4.69, 9.17) is 16.3 Å². The van der Waals surface area contributed by atoms with Crippen molar-refractivity contribution in [3.8, 4) is 0 Å². The maximum atomic E-state index is 13.2. The van der Waals surface area contributed by atoms with Crippen LogP contribution in [0.3, 0.4) is 0 Å². The van der Waals surface area contributed by atoms with E-state index in [1.807, 2.05) is 33.8 Å². The zero-order valence-electron chi connectivity index (χ0n) is 16.4. The summed E-state index contributed by atoms with van der Waals surface area (Å²) in [7, 11) is 0. The number of alkyl halides is 3. The van der Waals surface area contributed by atoms with Gasteiger partial charge in [0.2, 0.25) is 0 Å². The normalized spacial score (nSPS) is 12.0. The number of aromatic nitrogens is 2. The van der Waals surface area contributed by atoms with E-state index in [1.54, 1.807) is 12.1 Å². The van der Waals surface area contributed by atoms with E-state index in [2.05, 4.69) is 4.98 Å². The Morgan fingerprint density at radius 2 is 1.90 bits per heavy atom. The molecule has 8 heteroatoms. The molecule has 3 rings (SSSR count). The molecule has 0 aliphatic carbocycles. The van der Waals surface area contributed by atoms with Crippen LogP contribution in [-0.4, -0.2) is 15.4 Å². The lowest BCUT2D eigenvalue weighted by Gasteiger charge is -2.12. The summed E-state index contributed by atoms with van der Waals surface area (Å²) < 4.78 is 46.3. The number of halogens is 4. The highest BCUT2D eigenvalue weighted by Gasteiger charge is 2.32. The number of ether oxygens (including phenoxy) is 1. The third-order valence-electron chi connectivity index (χ3n) is 4.76. The molecule has 0 amide bonds. The van der Waals surface area contributed by atoms with Crippen LogP contribution in [0, 0.1) is 13.8 Å². The summed E-state index contributed by atoms with van der Waals surface area (Å²) in [5, 5.41) is -0.117. The Bertz CT molecular complexity index is 1090. The Labute approximate surface area is 171 Å². The van der Waals surface area contributed by atoms with Crippen LogP contribution in [-0.2, 0) is 17.5 Å². The molecule has 0 saturated heterocycles. The first-order valence-corrected chi connectivity index (χ1v) is 9.38. The van der Waals surface area contributed by atoms with Crippen LogP contribution in [0.1, 0.15) is 58.2 Å². The number of imidazole rings is 1. The van der Waals surface area contributed by atoms with Gasteiger partial charge in [0.05, 0.1) is 27.5 Å². The molecule has 0 fully saturated rings. The molecule has 3 aromatic rings. The Kier molecular flexibility index (Phi) is 5.63. The van der Waals surface area contributed by atoms with Crippen molar-refractivity contribution in [1.82, 2.24) is 9.38 Å². The molecule has 0 spiro atoms. The topological polar surface area (TPSA) is 43.6 Å². The Morgan fingerprint density at radius 3 is 2.48 bits per heavy atom. The summed E-state index contributed by atoms with van der Waals surface area (Å²) in [6, 6.07) is 6.03. The lowest BCUT2D eigenvalue weighted by molar-refractivity contribution is -0.137. The zero-order valence-corrected chi connectivity index (χ0v) is 17.1. The molecular weight excluding hydrogens is 405 g/mol. The molecule has 0 aliphatic heterocycles. The quantitative estimate of drug-likeness (QED) is 0.475. The second-order valence-electron chi connectivity index (χ2n) is 7.24. The van der Waals surface area contributed by atoms with Crippen molar-refractivity contribution in [2.75, 3.05) is 0 Å². The predicted molar refractivity (Wildman–Crippen MR) is 104 cm³/mol. The van der Waals surface area contributed by atoms with Gasteiger partial charge in [-0.1, -0.05) is 31.5 Å². The summed E-state index contributed by atoms with van der Waals surface area (Å²) in [5.74, 6) is -0.661. The maximum absolute atomic E-state index is 13.2. The van der Waals surface area contributed by atoms with Gasteiger partial charge in [0, 0.05) is 6.20 Å². The molecule has 154 valence electrons. The van der Waals surface area contributed by atoms with Crippen LogP contribution in [0.15, 0.2) is 30.5 Å². The first-order valence-electron chi connectivity index (χ1n) is 9.01. The number of fused-ring (bicyclic) bond motifs is 1.